The molecule has 3 nitrogen and oxygen atoms in total. The number of nitrogens with zero attached hydrogens (tertiary/aromatic N) is 1. The Balaban J connectivity index is 1.99. The maximum Gasteiger partial charge on any atom is 0.162 e. The summed E-state index contributed by atoms with van der Waals surface area (Å²) in [5.74, 6) is 0.301. The van der Waals surface area contributed by atoms with Gasteiger partial charge in [0.25, 0.3) is 0 Å². The predicted molar refractivity (Wildman–Crippen MR) is 74.9 cm³/mol. The number of carbonyl (C=O) groups excluding carboxylic acids is 1. The maximum absolute atomic E-state index is 11.9. The van der Waals surface area contributed by atoms with Gasteiger partial charge >= 0.3 is 0 Å². The van der Waals surface area contributed by atoms with Crippen LogP contribution in [0, 0.1) is 0 Å². The van der Waals surface area contributed by atoms with Gasteiger partial charge in [-0.15, -0.1) is 0 Å². The molecule has 0 saturated carbocycles. The third-order valence-electron chi connectivity index (χ3n) is 3.66. The number of carbonyl (C=O) groups is 1. The van der Waals surface area contributed by atoms with Crippen LogP contribution in [0.25, 0.3) is 0 Å². The molecule has 0 aromatic rings. The van der Waals surface area contributed by atoms with E-state index in [-0.39, 0.29) is 6.10 Å². The van der Waals surface area contributed by atoms with Gasteiger partial charge in [0.1, 0.15) is 6.10 Å². The van der Waals surface area contributed by atoms with Crippen molar-refractivity contribution >= 4 is 5.78 Å². The van der Waals surface area contributed by atoms with E-state index in [9.17, 15) is 4.79 Å². The average Bonchev–Trinajstić information content (AvgIpc) is 2.37. The fourth-order valence-electron chi connectivity index (χ4n) is 2.39. The lowest BCUT2D eigenvalue weighted by Crippen LogP contribution is -2.44. The number of ether oxygens (including phenoxy) is 1. The second-order valence-electron chi connectivity index (χ2n) is 5.46. The topological polar surface area (TPSA) is 29.5 Å². The Kier molecular flexibility index (Phi) is 8.27. The van der Waals surface area contributed by atoms with Gasteiger partial charge in [-0.05, 0) is 13.5 Å². The largest absolute Gasteiger partial charge is 0.368 e. The summed E-state index contributed by atoms with van der Waals surface area (Å²) in [6.45, 7) is 4.65. The normalized spacial score (nSPS) is 21.1. The minimum absolute atomic E-state index is 0.163. The lowest BCUT2D eigenvalue weighted by molar-refractivity contribution is -0.135. The van der Waals surface area contributed by atoms with Crippen molar-refractivity contribution in [1.29, 1.82) is 0 Å². The number of hydrogen-bond acceptors (Lipinski definition) is 3. The van der Waals surface area contributed by atoms with Crippen molar-refractivity contribution in [2.75, 3.05) is 26.7 Å². The summed E-state index contributed by atoms with van der Waals surface area (Å²) in [7, 11) is 2.05. The molecular weight excluding hydrogens is 226 g/mol. The van der Waals surface area contributed by atoms with Crippen LogP contribution in [0.15, 0.2) is 0 Å². The first-order valence-electron chi connectivity index (χ1n) is 7.57. The first-order chi connectivity index (χ1) is 8.74. The highest BCUT2D eigenvalue weighted by atomic mass is 16.5. The summed E-state index contributed by atoms with van der Waals surface area (Å²) in [6.07, 6.45) is 9.36. The lowest BCUT2D eigenvalue weighted by atomic mass is 10.0. The third kappa shape index (κ3) is 6.50. The van der Waals surface area contributed by atoms with Crippen LogP contribution >= 0.6 is 0 Å². The molecular formula is C15H29NO2. The summed E-state index contributed by atoms with van der Waals surface area (Å²) < 4.78 is 5.53. The van der Waals surface area contributed by atoms with E-state index in [1.807, 2.05) is 0 Å². The van der Waals surface area contributed by atoms with Gasteiger partial charge in [0.2, 0.25) is 0 Å². The van der Waals surface area contributed by atoms with Gasteiger partial charge in [-0.25, -0.2) is 0 Å². The second kappa shape index (κ2) is 9.51. The van der Waals surface area contributed by atoms with E-state index in [0.717, 1.165) is 19.5 Å². The monoisotopic (exact) mass is 255 g/mol. The molecule has 0 aromatic heterocycles. The molecule has 0 bridgehead atoms. The Labute approximate surface area is 112 Å². The number of hydrogen-bond donors (Lipinski definition) is 0. The number of Topliss-reactive ketones (excluding diaryl/α,β-unsaturated/α-hetero) is 1. The van der Waals surface area contributed by atoms with Gasteiger partial charge in [-0.3, -0.25) is 4.79 Å². The van der Waals surface area contributed by atoms with Crippen molar-refractivity contribution in [2.24, 2.45) is 0 Å². The molecule has 0 aliphatic carbocycles. The summed E-state index contributed by atoms with van der Waals surface area (Å²) in [4.78, 5) is 14.1. The molecule has 0 spiro atoms. The molecule has 0 aromatic carbocycles. The van der Waals surface area contributed by atoms with Crippen molar-refractivity contribution in [3.63, 3.8) is 0 Å². The Morgan fingerprint density at radius 2 is 1.83 bits per heavy atom. The van der Waals surface area contributed by atoms with Gasteiger partial charge in [0, 0.05) is 19.5 Å². The SMILES string of the molecule is CCCCCCCCCC(=O)C1CN(C)CCO1. The predicted octanol–water partition coefficient (Wildman–Crippen LogP) is 3.03. The molecule has 1 unspecified atom stereocenters. The van der Waals surface area contributed by atoms with Crippen molar-refractivity contribution in [3.05, 3.63) is 0 Å². The molecule has 3 heteroatoms. The van der Waals surface area contributed by atoms with E-state index >= 15 is 0 Å². The minimum Gasteiger partial charge on any atom is -0.368 e. The van der Waals surface area contributed by atoms with E-state index in [1.165, 1.54) is 38.5 Å². The Hall–Kier alpha value is -0.410. The molecule has 0 amide bonds. The summed E-state index contributed by atoms with van der Waals surface area (Å²) in [5, 5.41) is 0. The molecule has 106 valence electrons. The van der Waals surface area contributed by atoms with Gasteiger partial charge in [-0.1, -0.05) is 45.4 Å². The number of rotatable bonds is 9. The summed E-state index contributed by atoms with van der Waals surface area (Å²) in [5.41, 5.74) is 0. The molecule has 18 heavy (non-hydrogen) atoms. The number of morpholine rings is 1. The van der Waals surface area contributed by atoms with Crippen molar-refractivity contribution < 1.29 is 9.53 Å². The van der Waals surface area contributed by atoms with Gasteiger partial charge < -0.3 is 9.64 Å². The second-order valence-corrected chi connectivity index (χ2v) is 5.46. The van der Waals surface area contributed by atoms with Crippen LogP contribution in [0.3, 0.4) is 0 Å². The Morgan fingerprint density at radius 1 is 1.17 bits per heavy atom. The van der Waals surface area contributed by atoms with Crippen LogP contribution in [-0.2, 0) is 9.53 Å². The van der Waals surface area contributed by atoms with Gasteiger partial charge in [0.15, 0.2) is 5.78 Å². The molecule has 1 atom stereocenters. The zero-order chi connectivity index (χ0) is 13.2. The number of ketones is 1. The van der Waals surface area contributed by atoms with E-state index in [2.05, 4.69) is 18.9 Å². The van der Waals surface area contributed by atoms with Crippen LogP contribution in [0.4, 0.5) is 0 Å². The smallest absolute Gasteiger partial charge is 0.162 e. The van der Waals surface area contributed by atoms with E-state index in [1.54, 1.807) is 0 Å². The van der Waals surface area contributed by atoms with E-state index in [0.29, 0.717) is 18.8 Å². The molecule has 1 heterocycles. The maximum atomic E-state index is 11.9. The van der Waals surface area contributed by atoms with Crippen molar-refractivity contribution in [3.8, 4) is 0 Å². The first-order valence-corrected chi connectivity index (χ1v) is 7.57. The lowest BCUT2D eigenvalue weighted by Gasteiger charge is -2.29. The van der Waals surface area contributed by atoms with Crippen molar-refractivity contribution in [2.45, 2.75) is 64.4 Å². The standard InChI is InChI=1S/C15H29NO2/c1-3-4-5-6-7-8-9-10-14(17)15-13-16(2)11-12-18-15/h15H,3-13H2,1-2H3. The zero-order valence-corrected chi connectivity index (χ0v) is 12.1. The third-order valence-corrected chi connectivity index (χ3v) is 3.66. The quantitative estimate of drug-likeness (QED) is 0.593. The van der Waals surface area contributed by atoms with Crippen LogP contribution < -0.4 is 0 Å². The highest BCUT2D eigenvalue weighted by Gasteiger charge is 2.23. The van der Waals surface area contributed by atoms with Crippen LogP contribution in [0.5, 0.6) is 0 Å². The fourth-order valence-corrected chi connectivity index (χ4v) is 2.39. The van der Waals surface area contributed by atoms with E-state index < -0.39 is 0 Å². The molecule has 1 fully saturated rings. The number of unbranched alkanes of at least 4 members (excludes halogenated alkanes) is 6. The molecule has 1 saturated heterocycles. The first kappa shape index (κ1) is 15.6. The fraction of sp³-hybridized carbons (Fsp3) is 0.933. The average molecular weight is 255 g/mol. The highest BCUT2D eigenvalue weighted by molar-refractivity contribution is 5.83. The van der Waals surface area contributed by atoms with Crippen molar-refractivity contribution in [1.82, 2.24) is 4.90 Å². The Bertz CT molecular complexity index is 231. The van der Waals surface area contributed by atoms with Crippen LogP contribution in [0.1, 0.15) is 58.3 Å². The number of likely N-dealkylation sites (N-methyl/N-ethyl adjacent to an activating group) is 1. The highest BCUT2D eigenvalue weighted by Crippen LogP contribution is 2.12. The minimum atomic E-state index is -0.163. The van der Waals surface area contributed by atoms with Crippen LogP contribution in [-0.4, -0.2) is 43.5 Å². The van der Waals surface area contributed by atoms with E-state index in [4.69, 9.17) is 4.74 Å². The zero-order valence-electron chi connectivity index (χ0n) is 12.1. The van der Waals surface area contributed by atoms with Gasteiger partial charge in [-0.2, -0.15) is 0 Å². The summed E-state index contributed by atoms with van der Waals surface area (Å²) >= 11 is 0. The van der Waals surface area contributed by atoms with Crippen LogP contribution in [0.2, 0.25) is 0 Å². The molecule has 1 rings (SSSR count). The molecule has 0 N–H and O–H groups in total. The molecule has 1 aliphatic rings. The van der Waals surface area contributed by atoms with Gasteiger partial charge in [0.05, 0.1) is 6.61 Å². The molecule has 1 aliphatic heterocycles. The molecule has 0 radical (unpaired) electrons. The Morgan fingerprint density at radius 3 is 2.50 bits per heavy atom. The summed E-state index contributed by atoms with van der Waals surface area (Å²) in [6, 6.07) is 0.